The number of hydrogen-bond donors (Lipinski definition) is 1. The molecule has 1 aliphatic carbocycles. The Morgan fingerprint density at radius 1 is 1.12 bits per heavy atom. The van der Waals surface area contributed by atoms with Gasteiger partial charge in [0.25, 0.3) is 0 Å². The molecule has 1 saturated heterocycles. The largest absolute Gasteiger partial charge is 0.482 e. The molecule has 2 aromatic rings. The SMILES string of the molecule is COC(=O)c1cc(C(=O)O)c(O[C@H](CN2CCN(C(=O)OC(C)(C)C)[C@H](C)C2)c2ccc(C3CC3)cn2)cc1C. The fourth-order valence-electron chi connectivity index (χ4n) is 4.91. The first-order chi connectivity index (χ1) is 18.9. The van der Waals surface area contributed by atoms with Crippen LogP contribution in [0.1, 0.15) is 90.1 Å². The lowest BCUT2D eigenvalue weighted by Gasteiger charge is -2.41. The number of aromatic carboxylic acids is 1. The molecule has 0 spiro atoms. The lowest BCUT2D eigenvalue weighted by molar-refractivity contribution is -0.00317. The van der Waals surface area contributed by atoms with E-state index in [9.17, 15) is 19.5 Å². The molecular formula is C30H39N3O7. The number of hydrogen-bond acceptors (Lipinski definition) is 8. The lowest BCUT2D eigenvalue weighted by atomic mass is 10.0. The molecule has 1 aromatic carbocycles. The van der Waals surface area contributed by atoms with Crippen LogP contribution < -0.4 is 4.74 Å². The minimum atomic E-state index is -1.21. The van der Waals surface area contributed by atoms with Crippen molar-refractivity contribution in [3.63, 3.8) is 0 Å². The van der Waals surface area contributed by atoms with E-state index in [2.05, 4.69) is 11.0 Å². The lowest BCUT2D eigenvalue weighted by Crippen LogP contribution is -2.55. The van der Waals surface area contributed by atoms with Crippen LogP contribution in [0.4, 0.5) is 4.79 Å². The van der Waals surface area contributed by atoms with Gasteiger partial charge in [-0.2, -0.15) is 0 Å². The number of carbonyl (C=O) groups excluding carboxylic acids is 2. The summed E-state index contributed by atoms with van der Waals surface area (Å²) in [5.74, 6) is -1.13. The van der Waals surface area contributed by atoms with E-state index in [0.717, 1.165) is 12.8 Å². The number of amides is 1. The number of methoxy groups -OCH3 is 1. The zero-order valence-electron chi connectivity index (χ0n) is 24.1. The van der Waals surface area contributed by atoms with Crippen molar-refractivity contribution >= 4 is 18.0 Å². The van der Waals surface area contributed by atoms with E-state index in [1.807, 2.05) is 40.0 Å². The maximum absolute atomic E-state index is 12.7. The molecule has 2 fully saturated rings. The van der Waals surface area contributed by atoms with E-state index in [-0.39, 0.29) is 29.0 Å². The average Bonchev–Trinajstić information content (AvgIpc) is 3.72. The Labute approximate surface area is 235 Å². The predicted octanol–water partition coefficient (Wildman–Crippen LogP) is 4.81. The molecule has 216 valence electrons. The van der Waals surface area contributed by atoms with E-state index in [1.165, 1.54) is 18.7 Å². The Morgan fingerprint density at radius 2 is 1.85 bits per heavy atom. The smallest absolute Gasteiger partial charge is 0.410 e. The van der Waals surface area contributed by atoms with E-state index in [1.54, 1.807) is 17.9 Å². The molecule has 2 atom stereocenters. The molecule has 2 heterocycles. The Morgan fingerprint density at radius 3 is 2.40 bits per heavy atom. The number of esters is 1. The molecule has 1 N–H and O–H groups in total. The van der Waals surface area contributed by atoms with Crippen molar-refractivity contribution in [1.82, 2.24) is 14.8 Å². The Bertz CT molecular complexity index is 1250. The maximum Gasteiger partial charge on any atom is 0.410 e. The molecule has 1 aromatic heterocycles. The number of carboxylic acid groups (broad SMARTS) is 1. The number of ether oxygens (including phenoxy) is 3. The molecule has 0 bridgehead atoms. The quantitative estimate of drug-likeness (QED) is 0.459. The fraction of sp³-hybridized carbons (Fsp3) is 0.533. The average molecular weight is 554 g/mol. The van der Waals surface area contributed by atoms with Crippen molar-refractivity contribution in [3.05, 3.63) is 58.4 Å². The van der Waals surface area contributed by atoms with Gasteiger partial charge in [-0.05, 0) is 82.7 Å². The third-order valence-electron chi connectivity index (χ3n) is 7.18. The van der Waals surface area contributed by atoms with Crippen molar-refractivity contribution in [3.8, 4) is 5.75 Å². The van der Waals surface area contributed by atoms with E-state index in [0.29, 0.717) is 43.4 Å². The first-order valence-electron chi connectivity index (χ1n) is 13.7. The normalized spacial score (nSPS) is 18.6. The van der Waals surface area contributed by atoms with Crippen LogP contribution in [0.25, 0.3) is 0 Å². The zero-order valence-corrected chi connectivity index (χ0v) is 24.1. The van der Waals surface area contributed by atoms with E-state index in [4.69, 9.17) is 19.2 Å². The summed E-state index contributed by atoms with van der Waals surface area (Å²) in [4.78, 5) is 45.7. The molecule has 1 amide bonds. The second kappa shape index (κ2) is 11.8. The third-order valence-corrected chi connectivity index (χ3v) is 7.18. The van der Waals surface area contributed by atoms with Crippen LogP contribution in [0, 0.1) is 6.92 Å². The maximum atomic E-state index is 12.7. The number of carboxylic acids is 1. The number of piperazine rings is 1. The van der Waals surface area contributed by atoms with Gasteiger partial charge in [-0.25, -0.2) is 14.4 Å². The van der Waals surface area contributed by atoms with Gasteiger partial charge >= 0.3 is 18.0 Å². The number of aryl methyl sites for hydroxylation is 1. The summed E-state index contributed by atoms with van der Waals surface area (Å²) < 4.78 is 16.8. The molecule has 10 nitrogen and oxygen atoms in total. The number of benzene rings is 1. The molecule has 1 saturated carbocycles. The Kier molecular flexibility index (Phi) is 8.68. The molecule has 0 unspecified atom stereocenters. The van der Waals surface area contributed by atoms with Crippen LogP contribution in [-0.4, -0.2) is 82.9 Å². The highest BCUT2D eigenvalue weighted by atomic mass is 16.6. The molecule has 10 heteroatoms. The standard InChI is InChI=1S/C30H39N3O7/c1-18-13-25(23(27(34)35)14-22(18)28(36)38-6)39-26(24-10-9-21(15-31-24)20-7-8-20)17-32-11-12-33(19(2)16-32)29(37)40-30(3,4)5/h9-10,13-15,19-20,26H,7-8,11-12,16-17H2,1-6H3,(H,34,35)/t19-,26-/m1/s1. The number of aromatic nitrogens is 1. The van der Waals surface area contributed by atoms with Gasteiger partial charge in [0.05, 0.1) is 18.4 Å². The summed E-state index contributed by atoms with van der Waals surface area (Å²) in [5, 5.41) is 9.93. The summed E-state index contributed by atoms with van der Waals surface area (Å²) >= 11 is 0. The van der Waals surface area contributed by atoms with Crippen LogP contribution in [0.5, 0.6) is 5.75 Å². The van der Waals surface area contributed by atoms with Gasteiger partial charge in [-0.3, -0.25) is 9.88 Å². The van der Waals surface area contributed by atoms with Gasteiger partial charge < -0.3 is 24.2 Å². The molecule has 40 heavy (non-hydrogen) atoms. The molecule has 2 aliphatic rings. The molecule has 4 rings (SSSR count). The van der Waals surface area contributed by atoms with Crippen molar-refractivity contribution in [2.45, 2.75) is 71.1 Å². The Balaban J connectivity index is 1.58. The highest BCUT2D eigenvalue weighted by Crippen LogP contribution is 2.40. The Hall–Kier alpha value is -3.66. The zero-order chi connectivity index (χ0) is 29.2. The van der Waals surface area contributed by atoms with Crippen molar-refractivity contribution < 1.29 is 33.7 Å². The highest BCUT2D eigenvalue weighted by Gasteiger charge is 2.33. The van der Waals surface area contributed by atoms with Crippen molar-refractivity contribution in [1.29, 1.82) is 0 Å². The van der Waals surface area contributed by atoms with Gasteiger partial charge in [0, 0.05) is 38.4 Å². The number of rotatable bonds is 8. The van der Waals surface area contributed by atoms with Crippen molar-refractivity contribution in [2.24, 2.45) is 0 Å². The molecule has 1 aliphatic heterocycles. The molecule has 0 radical (unpaired) electrons. The summed E-state index contributed by atoms with van der Waals surface area (Å²) in [7, 11) is 1.25. The first kappa shape index (κ1) is 29.3. The summed E-state index contributed by atoms with van der Waals surface area (Å²) in [6.45, 7) is 11.3. The van der Waals surface area contributed by atoms with Crippen LogP contribution in [0.3, 0.4) is 0 Å². The minimum Gasteiger partial charge on any atom is -0.482 e. The third kappa shape index (κ3) is 7.10. The highest BCUT2D eigenvalue weighted by molar-refractivity contribution is 5.97. The van der Waals surface area contributed by atoms with Gasteiger partial charge in [0.15, 0.2) is 6.10 Å². The van der Waals surface area contributed by atoms with Gasteiger partial charge in [0.2, 0.25) is 0 Å². The molecular weight excluding hydrogens is 514 g/mol. The van der Waals surface area contributed by atoms with Gasteiger partial charge in [-0.1, -0.05) is 6.07 Å². The first-order valence-corrected chi connectivity index (χ1v) is 13.7. The minimum absolute atomic E-state index is 0.0920. The van der Waals surface area contributed by atoms with E-state index >= 15 is 0 Å². The van der Waals surface area contributed by atoms with E-state index < -0.39 is 23.6 Å². The predicted molar refractivity (Wildman–Crippen MR) is 148 cm³/mol. The van der Waals surface area contributed by atoms with Crippen LogP contribution in [0.2, 0.25) is 0 Å². The van der Waals surface area contributed by atoms with Gasteiger partial charge in [-0.15, -0.1) is 0 Å². The summed E-state index contributed by atoms with van der Waals surface area (Å²) in [6.07, 6.45) is 3.27. The monoisotopic (exact) mass is 553 g/mol. The van der Waals surface area contributed by atoms with Gasteiger partial charge in [0.1, 0.15) is 16.9 Å². The van der Waals surface area contributed by atoms with Crippen LogP contribution >= 0.6 is 0 Å². The van der Waals surface area contributed by atoms with Crippen LogP contribution in [-0.2, 0) is 9.47 Å². The summed E-state index contributed by atoms with van der Waals surface area (Å²) in [5.41, 5.74) is 1.87. The number of pyridine rings is 1. The topological polar surface area (TPSA) is 118 Å². The fourth-order valence-corrected chi connectivity index (χ4v) is 4.91. The second-order valence-corrected chi connectivity index (χ2v) is 11.6. The summed E-state index contributed by atoms with van der Waals surface area (Å²) in [6, 6.07) is 6.76. The second-order valence-electron chi connectivity index (χ2n) is 11.6. The van der Waals surface area contributed by atoms with Crippen LogP contribution in [0.15, 0.2) is 30.5 Å². The number of nitrogens with zero attached hydrogens (tertiary/aromatic N) is 3. The number of carbonyl (C=O) groups is 3. The van der Waals surface area contributed by atoms with Crippen molar-refractivity contribution in [2.75, 3.05) is 33.3 Å².